The van der Waals surface area contributed by atoms with Crippen LogP contribution in [0.4, 0.5) is 5.69 Å². The molecule has 3 aromatic rings. The Kier molecular flexibility index (Phi) is 7.86. The van der Waals surface area contributed by atoms with Gasteiger partial charge in [-0.25, -0.2) is 4.85 Å². The van der Waals surface area contributed by atoms with E-state index in [0.717, 1.165) is 37.2 Å². The molecule has 0 spiro atoms. The number of nitrogens with zero attached hydrogens (tertiary/aromatic N) is 2. The Bertz CT molecular complexity index is 1160. The maximum atomic E-state index is 7.63. The van der Waals surface area contributed by atoms with Crippen molar-refractivity contribution in [1.29, 1.82) is 0 Å². The van der Waals surface area contributed by atoms with E-state index in [2.05, 4.69) is 69.6 Å². The summed E-state index contributed by atoms with van der Waals surface area (Å²) in [5.74, 6) is 1.95. The van der Waals surface area contributed by atoms with Crippen molar-refractivity contribution in [3.8, 4) is 0 Å². The van der Waals surface area contributed by atoms with Crippen molar-refractivity contribution in [3.63, 3.8) is 0 Å². The van der Waals surface area contributed by atoms with Crippen LogP contribution in [-0.4, -0.2) is 30.7 Å². The van der Waals surface area contributed by atoms with Gasteiger partial charge in [-0.15, -0.1) is 0 Å². The predicted octanol–water partition coefficient (Wildman–Crippen LogP) is 6.80. The van der Waals surface area contributed by atoms with Crippen LogP contribution >= 0.6 is 0 Å². The molecule has 2 fully saturated rings. The monoisotopic (exact) mass is 468 g/mol. The third kappa shape index (κ3) is 5.80. The average Bonchev–Trinajstić information content (AvgIpc) is 3.24. The molecule has 4 heteroatoms. The van der Waals surface area contributed by atoms with E-state index in [4.69, 9.17) is 6.57 Å². The van der Waals surface area contributed by atoms with E-state index < -0.39 is 0 Å². The van der Waals surface area contributed by atoms with Crippen LogP contribution in [0.5, 0.6) is 0 Å². The van der Waals surface area contributed by atoms with E-state index in [1.54, 1.807) is 0 Å². The van der Waals surface area contributed by atoms with Crippen molar-refractivity contribution in [2.45, 2.75) is 64.3 Å². The minimum absolute atomic E-state index is 0.370. The second-order valence-electron chi connectivity index (χ2n) is 10.8. The standard InChI is InChI=1S/C31H40N4/c1-23-5-3-7-26(19-23)28(8-4-6-24-11-15-33-16-12-24)30-22-35(21-25-13-17-34-18-14-25)31-10-9-27(32-2)20-29(30)31/h3,5,7,9-10,19-20,22,24-25,28,33-34H,4,6,8,11-18,21H2,1H3. The van der Waals surface area contributed by atoms with Crippen LogP contribution in [0.1, 0.15) is 67.6 Å². The van der Waals surface area contributed by atoms with Gasteiger partial charge < -0.3 is 15.2 Å². The van der Waals surface area contributed by atoms with E-state index in [1.807, 2.05) is 6.07 Å². The van der Waals surface area contributed by atoms with Gasteiger partial charge in [-0.1, -0.05) is 48.7 Å². The highest BCUT2D eigenvalue weighted by atomic mass is 15.0. The second-order valence-corrected chi connectivity index (χ2v) is 10.8. The Morgan fingerprint density at radius 3 is 2.43 bits per heavy atom. The number of hydrogen-bond acceptors (Lipinski definition) is 2. The Balaban J connectivity index is 1.49. The van der Waals surface area contributed by atoms with Crippen LogP contribution in [0.3, 0.4) is 0 Å². The minimum atomic E-state index is 0.370. The zero-order valence-electron chi connectivity index (χ0n) is 21.2. The van der Waals surface area contributed by atoms with Gasteiger partial charge in [-0.2, -0.15) is 0 Å². The summed E-state index contributed by atoms with van der Waals surface area (Å²) in [6, 6.07) is 15.4. The molecule has 184 valence electrons. The van der Waals surface area contributed by atoms with Crippen LogP contribution in [0.25, 0.3) is 15.7 Å². The van der Waals surface area contributed by atoms with Crippen LogP contribution < -0.4 is 10.6 Å². The summed E-state index contributed by atoms with van der Waals surface area (Å²) < 4.78 is 2.50. The van der Waals surface area contributed by atoms with Gasteiger partial charge in [-0.3, -0.25) is 0 Å². The van der Waals surface area contributed by atoms with Gasteiger partial charge in [0.15, 0.2) is 5.69 Å². The Morgan fingerprint density at radius 1 is 0.971 bits per heavy atom. The molecular formula is C31H40N4. The van der Waals surface area contributed by atoms with Crippen LogP contribution in [0, 0.1) is 25.3 Å². The molecule has 2 aromatic carbocycles. The van der Waals surface area contributed by atoms with Crippen molar-refractivity contribution in [3.05, 3.63) is 76.8 Å². The number of rotatable bonds is 8. The first kappa shape index (κ1) is 24.1. The summed E-state index contributed by atoms with van der Waals surface area (Å²) in [5, 5.41) is 8.29. The molecule has 0 radical (unpaired) electrons. The molecule has 0 bridgehead atoms. The lowest BCUT2D eigenvalue weighted by Gasteiger charge is -2.24. The molecule has 1 atom stereocenters. The highest BCUT2D eigenvalue weighted by molar-refractivity contribution is 5.88. The zero-order chi connectivity index (χ0) is 24.0. The summed E-state index contributed by atoms with van der Waals surface area (Å²) in [5.41, 5.74) is 6.20. The fraction of sp³-hybridized carbons (Fsp3) is 0.516. The van der Waals surface area contributed by atoms with E-state index >= 15 is 0 Å². The largest absolute Gasteiger partial charge is 0.347 e. The summed E-state index contributed by atoms with van der Waals surface area (Å²) in [6.07, 6.45) is 11.3. The molecule has 1 aromatic heterocycles. The fourth-order valence-corrected chi connectivity index (χ4v) is 6.32. The number of benzene rings is 2. The quantitative estimate of drug-likeness (QED) is 0.356. The number of piperidine rings is 2. The van der Waals surface area contributed by atoms with Gasteiger partial charge in [-0.05, 0) is 106 Å². The van der Waals surface area contributed by atoms with Gasteiger partial charge in [0.1, 0.15) is 0 Å². The molecule has 0 saturated carbocycles. The first-order chi connectivity index (χ1) is 17.2. The van der Waals surface area contributed by atoms with Gasteiger partial charge in [0.25, 0.3) is 0 Å². The Morgan fingerprint density at radius 2 is 1.71 bits per heavy atom. The lowest BCUT2D eigenvalue weighted by atomic mass is 9.84. The van der Waals surface area contributed by atoms with E-state index in [1.165, 1.54) is 85.6 Å². The normalized spacial score (nSPS) is 18.5. The van der Waals surface area contributed by atoms with E-state index in [0.29, 0.717) is 5.92 Å². The van der Waals surface area contributed by atoms with E-state index in [9.17, 15) is 0 Å². The van der Waals surface area contributed by atoms with Crippen molar-refractivity contribution in [2.24, 2.45) is 11.8 Å². The average molecular weight is 469 g/mol. The molecule has 2 aliphatic rings. The summed E-state index contributed by atoms with van der Waals surface area (Å²) in [4.78, 5) is 3.78. The molecule has 2 aliphatic heterocycles. The number of nitrogens with one attached hydrogen (secondary N) is 2. The van der Waals surface area contributed by atoms with Gasteiger partial charge >= 0.3 is 0 Å². The third-order valence-corrected chi connectivity index (χ3v) is 8.32. The highest BCUT2D eigenvalue weighted by Gasteiger charge is 2.23. The van der Waals surface area contributed by atoms with Gasteiger partial charge in [0.2, 0.25) is 0 Å². The molecule has 2 saturated heterocycles. The van der Waals surface area contributed by atoms with E-state index in [-0.39, 0.29) is 0 Å². The summed E-state index contributed by atoms with van der Waals surface area (Å²) in [6.45, 7) is 15.5. The van der Waals surface area contributed by atoms with Crippen molar-refractivity contribution in [2.75, 3.05) is 26.2 Å². The SMILES string of the molecule is [C-]#[N+]c1ccc2c(c1)c(C(CCCC1CCNCC1)c1cccc(C)c1)cn2CC1CCNCC1. The Labute approximate surface area is 210 Å². The predicted molar refractivity (Wildman–Crippen MR) is 146 cm³/mol. The van der Waals surface area contributed by atoms with Crippen LogP contribution in [0.15, 0.2) is 48.7 Å². The third-order valence-electron chi connectivity index (χ3n) is 8.32. The molecule has 0 aliphatic carbocycles. The lowest BCUT2D eigenvalue weighted by Crippen LogP contribution is -2.29. The molecule has 2 N–H and O–H groups in total. The maximum Gasteiger partial charge on any atom is 0.187 e. The Hall–Kier alpha value is -2.61. The smallest absolute Gasteiger partial charge is 0.187 e. The molecule has 3 heterocycles. The molecular weight excluding hydrogens is 428 g/mol. The molecule has 0 amide bonds. The highest BCUT2D eigenvalue weighted by Crippen LogP contribution is 2.39. The molecule has 1 unspecified atom stereocenters. The lowest BCUT2D eigenvalue weighted by molar-refractivity contribution is 0.336. The number of aryl methyl sites for hydroxylation is 1. The second kappa shape index (κ2) is 11.4. The summed E-state index contributed by atoms with van der Waals surface area (Å²) in [7, 11) is 0. The van der Waals surface area contributed by atoms with Crippen molar-refractivity contribution < 1.29 is 0 Å². The number of aromatic nitrogens is 1. The molecule has 4 nitrogen and oxygen atoms in total. The fourth-order valence-electron chi connectivity index (χ4n) is 6.32. The minimum Gasteiger partial charge on any atom is -0.347 e. The van der Waals surface area contributed by atoms with Crippen LogP contribution in [0.2, 0.25) is 0 Å². The summed E-state index contributed by atoms with van der Waals surface area (Å²) >= 11 is 0. The number of hydrogen-bond donors (Lipinski definition) is 2. The van der Waals surface area contributed by atoms with Crippen molar-refractivity contribution in [1.82, 2.24) is 15.2 Å². The van der Waals surface area contributed by atoms with Gasteiger partial charge in [0, 0.05) is 24.2 Å². The zero-order valence-corrected chi connectivity index (χ0v) is 21.2. The molecule has 5 rings (SSSR count). The van der Waals surface area contributed by atoms with Crippen molar-refractivity contribution >= 4 is 16.6 Å². The molecule has 35 heavy (non-hydrogen) atoms. The topological polar surface area (TPSA) is 33.4 Å². The van der Waals surface area contributed by atoms with Gasteiger partial charge in [0.05, 0.1) is 6.57 Å². The number of fused-ring (bicyclic) bond motifs is 1. The van der Waals surface area contributed by atoms with Crippen LogP contribution in [-0.2, 0) is 6.54 Å². The first-order valence-electron chi connectivity index (χ1n) is 13.7. The maximum absolute atomic E-state index is 7.63. The first-order valence-corrected chi connectivity index (χ1v) is 13.7.